The molecule has 7 heteroatoms. The summed E-state index contributed by atoms with van der Waals surface area (Å²) >= 11 is 0. The summed E-state index contributed by atoms with van der Waals surface area (Å²) in [5.41, 5.74) is 0. The van der Waals surface area contributed by atoms with E-state index in [1.165, 1.54) is 16.7 Å². The number of aromatic nitrogens is 2. The van der Waals surface area contributed by atoms with Gasteiger partial charge in [-0.2, -0.15) is 9.40 Å². The van der Waals surface area contributed by atoms with Crippen molar-refractivity contribution in [1.29, 1.82) is 0 Å². The topological polar surface area (TPSA) is 75.3 Å². The van der Waals surface area contributed by atoms with Gasteiger partial charge in [-0.25, -0.2) is 8.42 Å². The quantitative estimate of drug-likeness (QED) is 0.808. The summed E-state index contributed by atoms with van der Waals surface area (Å²) < 4.78 is 31.2. The number of hydrogen-bond acceptors (Lipinski definition) is 4. The van der Waals surface area contributed by atoms with Crippen molar-refractivity contribution in [3.8, 4) is 0 Å². The molecular formula is C9H15N3O3S. The Morgan fingerprint density at radius 1 is 1.44 bits per heavy atom. The zero-order valence-corrected chi connectivity index (χ0v) is 10.1. The molecule has 0 spiro atoms. The molecule has 90 valence electrons. The zero-order valence-electron chi connectivity index (χ0n) is 9.25. The highest BCUT2D eigenvalue weighted by Crippen LogP contribution is 2.19. The van der Waals surface area contributed by atoms with E-state index in [2.05, 4.69) is 10.2 Å². The molecule has 6 nitrogen and oxygen atoms in total. The molecule has 2 heterocycles. The minimum absolute atomic E-state index is 0.0783. The summed E-state index contributed by atoms with van der Waals surface area (Å²) in [4.78, 5) is 0.203. The van der Waals surface area contributed by atoms with Crippen molar-refractivity contribution >= 4 is 10.0 Å². The van der Waals surface area contributed by atoms with Crippen LogP contribution in [-0.2, 0) is 14.8 Å². The third-order valence-corrected chi connectivity index (χ3v) is 4.29. The first-order valence-electron chi connectivity index (χ1n) is 5.14. The van der Waals surface area contributed by atoms with Crippen molar-refractivity contribution in [2.24, 2.45) is 0 Å². The van der Waals surface area contributed by atoms with E-state index in [1.54, 1.807) is 0 Å². The van der Waals surface area contributed by atoms with E-state index >= 15 is 0 Å². The molecule has 0 saturated carbocycles. The van der Waals surface area contributed by atoms with Crippen molar-refractivity contribution in [1.82, 2.24) is 14.5 Å². The van der Waals surface area contributed by atoms with Crippen LogP contribution < -0.4 is 0 Å². The standard InChI is InChI=1S/C9H15N3O3S/c1-7-5-12(6-8(2)15-7)16(13,14)9-3-10-11-4-9/h3-4,7-8H,5-6H2,1-2H3,(H,10,11)/t7-,8+. The Labute approximate surface area is 94.6 Å². The second-order valence-corrected chi connectivity index (χ2v) is 5.95. The summed E-state index contributed by atoms with van der Waals surface area (Å²) in [6, 6.07) is 0. The average Bonchev–Trinajstić information content (AvgIpc) is 2.69. The van der Waals surface area contributed by atoms with E-state index in [1.807, 2.05) is 13.8 Å². The van der Waals surface area contributed by atoms with Crippen molar-refractivity contribution in [2.75, 3.05) is 13.1 Å². The Bertz CT molecular complexity index is 433. The van der Waals surface area contributed by atoms with Crippen molar-refractivity contribution < 1.29 is 13.2 Å². The maximum Gasteiger partial charge on any atom is 0.246 e. The van der Waals surface area contributed by atoms with Gasteiger partial charge in [0.05, 0.1) is 18.4 Å². The number of sulfonamides is 1. The summed E-state index contributed by atoms with van der Waals surface area (Å²) in [5, 5.41) is 6.17. The molecule has 0 aromatic carbocycles. The van der Waals surface area contributed by atoms with Gasteiger partial charge >= 0.3 is 0 Å². The van der Waals surface area contributed by atoms with Crippen LogP contribution in [0.4, 0.5) is 0 Å². The first-order valence-corrected chi connectivity index (χ1v) is 6.58. The lowest BCUT2D eigenvalue weighted by Gasteiger charge is -2.34. The fourth-order valence-corrected chi connectivity index (χ4v) is 3.35. The lowest BCUT2D eigenvalue weighted by molar-refractivity contribution is -0.0440. The van der Waals surface area contributed by atoms with Crippen molar-refractivity contribution in [3.05, 3.63) is 12.4 Å². The third kappa shape index (κ3) is 2.11. The van der Waals surface area contributed by atoms with Crippen LogP contribution >= 0.6 is 0 Å². The predicted molar refractivity (Wildman–Crippen MR) is 57.4 cm³/mol. The molecule has 0 amide bonds. The Hall–Kier alpha value is -0.920. The van der Waals surface area contributed by atoms with Crippen LogP contribution in [0.25, 0.3) is 0 Å². The molecule has 0 aliphatic carbocycles. The Morgan fingerprint density at radius 3 is 2.56 bits per heavy atom. The van der Waals surface area contributed by atoms with E-state index in [4.69, 9.17) is 4.74 Å². The summed E-state index contributed by atoms with van der Waals surface area (Å²) in [6.07, 6.45) is 2.55. The number of nitrogens with one attached hydrogen (secondary N) is 1. The molecule has 2 rings (SSSR count). The molecule has 1 aliphatic heterocycles. The van der Waals surface area contributed by atoms with Gasteiger partial charge in [-0.15, -0.1) is 0 Å². The maximum absolute atomic E-state index is 12.1. The fraction of sp³-hybridized carbons (Fsp3) is 0.667. The molecule has 1 N–H and O–H groups in total. The van der Waals surface area contributed by atoms with Crippen LogP contribution in [0.1, 0.15) is 13.8 Å². The van der Waals surface area contributed by atoms with Crippen LogP contribution in [0.3, 0.4) is 0 Å². The summed E-state index contributed by atoms with van der Waals surface area (Å²) in [6.45, 7) is 4.51. The lowest BCUT2D eigenvalue weighted by Crippen LogP contribution is -2.47. The number of ether oxygens (including phenoxy) is 1. The van der Waals surface area contributed by atoms with Crippen LogP contribution in [0.2, 0.25) is 0 Å². The molecule has 1 fully saturated rings. The first-order chi connectivity index (χ1) is 7.50. The van der Waals surface area contributed by atoms with E-state index in [-0.39, 0.29) is 17.1 Å². The first kappa shape index (κ1) is 11.6. The Kier molecular flexibility index (Phi) is 3.00. The number of aromatic amines is 1. The normalized spacial score (nSPS) is 28.1. The monoisotopic (exact) mass is 245 g/mol. The molecule has 1 aromatic heterocycles. The highest BCUT2D eigenvalue weighted by atomic mass is 32.2. The molecule has 2 atom stereocenters. The molecule has 0 bridgehead atoms. The largest absolute Gasteiger partial charge is 0.373 e. The molecule has 16 heavy (non-hydrogen) atoms. The van der Waals surface area contributed by atoms with E-state index in [0.29, 0.717) is 13.1 Å². The fourth-order valence-electron chi connectivity index (χ4n) is 1.86. The van der Waals surface area contributed by atoms with E-state index in [0.717, 1.165) is 0 Å². The van der Waals surface area contributed by atoms with E-state index in [9.17, 15) is 8.42 Å². The smallest absolute Gasteiger partial charge is 0.246 e. The van der Waals surface area contributed by atoms with Crippen LogP contribution in [0.15, 0.2) is 17.3 Å². The van der Waals surface area contributed by atoms with Crippen LogP contribution in [0.5, 0.6) is 0 Å². The molecule has 1 aliphatic rings. The summed E-state index contributed by atoms with van der Waals surface area (Å²) in [7, 11) is -3.42. The second-order valence-electron chi connectivity index (χ2n) is 4.01. The van der Waals surface area contributed by atoms with Gasteiger partial charge in [0.2, 0.25) is 10.0 Å². The molecular weight excluding hydrogens is 230 g/mol. The predicted octanol–water partition coefficient (Wildman–Crippen LogP) is 0.208. The number of nitrogens with zero attached hydrogens (tertiary/aromatic N) is 2. The third-order valence-electron chi connectivity index (χ3n) is 2.50. The van der Waals surface area contributed by atoms with Gasteiger partial charge in [0, 0.05) is 19.3 Å². The maximum atomic E-state index is 12.1. The number of H-pyrrole nitrogens is 1. The highest BCUT2D eigenvalue weighted by molar-refractivity contribution is 7.89. The van der Waals surface area contributed by atoms with Gasteiger partial charge < -0.3 is 4.74 Å². The van der Waals surface area contributed by atoms with Crippen LogP contribution in [-0.4, -0.2) is 48.2 Å². The van der Waals surface area contributed by atoms with Crippen molar-refractivity contribution in [2.45, 2.75) is 31.0 Å². The minimum atomic E-state index is -3.42. The second kappa shape index (κ2) is 4.15. The Balaban J connectivity index is 2.24. The number of rotatable bonds is 2. The SMILES string of the molecule is C[C@@H]1CN(S(=O)(=O)c2cn[nH]c2)C[C@H](C)O1. The highest BCUT2D eigenvalue weighted by Gasteiger charge is 2.32. The molecule has 0 radical (unpaired) electrons. The number of hydrogen-bond donors (Lipinski definition) is 1. The van der Waals surface area contributed by atoms with Gasteiger partial charge in [0.25, 0.3) is 0 Å². The lowest BCUT2D eigenvalue weighted by atomic mass is 10.3. The molecule has 1 saturated heterocycles. The average molecular weight is 245 g/mol. The Morgan fingerprint density at radius 2 is 2.06 bits per heavy atom. The number of morpholine rings is 1. The minimum Gasteiger partial charge on any atom is -0.373 e. The van der Waals surface area contributed by atoms with Gasteiger partial charge in [0.15, 0.2) is 0 Å². The van der Waals surface area contributed by atoms with Crippen molar-refractivity contribution in [3.63, 3.8) is 0 Å². The molecule has 0 unspecified atom stereocenters. The van der Waals surface area contributed by atoms with Gasteiger partial charge in [-0.3, -0.25) is 5.10 Å². The van der Waals surface area contributed by atoms with Gasteiger partial charge in [-0.1, -0.05) is 0 Å². The molecule has 1 aromatic rings. The zero-order chi connectivity index (χ0) is 11.8. The van der Waals surface area contributed by atoms with Gasteiger partial charge in [0.1, 0.15) is 4.90 Å². The summed E-state index contributed by atoms with van der Waals surface area (Å²) in [5.74, 6) is 0. The van der Waals surface area contributed by atoms with Gasteiger partial charge in [-0.05, 0) is 13.8 Å². The van der Waals surface area contributed by atoms with E-state index < -0.39 is 10.0 Å². The van der Waals surface area contributed by atoms with Crippen LogP contribution in [0, 0.1) is 0 Å².